The highest BCUT2D eigenvalue weighted by atomic mass is 16.2. The van der Waals surface area contributed by atoms with Gasteiger partial charge in [0.1, 0.15) is 0 Å². The van der Waals surface area contributed by atoms with E-state index in [0.717, 1.165) is 6.42 Å². The molecule has 15 heavy (non-hydrogen) atoms. The lowest BCUT2D eigenvalue weighted by molar-refractivity contribution is -0.134. The minimum absolute atomic E-state index is 0.0853. The standard InChI is InChI=1S/C10H17N3O2/c1-7-2-4-13(5-3-7)10(15)8(11)6-9(12)14/h2,8H,3-6,11H2,1H3,(H2,12,14). The number of carbonyl (C=O) groups excluding carboxylic acids is 2. The molecule has 1 unspecified atom stereocenters. The lowest BCUT2D eigenvalue weighted by atomic mass is 10.1. The monoisotopic (exact) mass is 211 g/mol. The molecule has 0 saturated carbocycles. The van der Waals surface area contributed by atoms with Crippen molar-refractivity contribution in [3.63, 3.8) is 0 Å². The van der Waals surface area contributed by atoms with Gasteiger partial charge in [0.2, 0.25) is 11.8 Å². The van der Waals surface area contributed by atoms with Crippen molar-refractivity contribution in [3.05, 3.63) is 11.6 Å². The summed E-state index contributed by atoms with van der Waals surface area (Å²) >= 11 is 0. The van der Waals surface area contributed by atoms with E-state index >= 15 is 0 Å². The van der Waals surface area contributed by atoms with Gasteiger partial charge in [-0.1, -0.05) is 11.6 Å². The first-order chi connectivity index (χ1) is 7.00. The zero-order chi connectivity index (χ0) is 11.4. The van der Waals surface area contributed by atoms with Crippen molar-refractivity contribution in [1.82, 2.24) is 4.90 Å². The molecule has 0 radical (unpaired) electrons. The van der Waals surface area contributed by atoms with Gasteiger partial charge in [-0.3, -0.25) is 9.59 Å². The Kier molecular flexibility index (Phi) is 3.85. The predicted molar refractivity (Wildman–Crippen MR) is 56.7 cm³/mol. The molecule has 0 saturated heterocycles. The number of hydrogen-bond acceptors (Lipinski definition) is 3. The molecule has 1 heterocycles. The third-order valence-corrected chi connectivity index (χ3v) is 2.49. The second-order valence-corrected chi connectivity index (χ2v) is 3.86. The van der Waals surface area contributed by atoms with Gasteiger partial charge in [0.15, 0.2) is 0 Å². The third kappa shape index (κ3) is 3.36. The summed E-state index contributed by atoms with van der Waals surface area (Å²) in [6.45, 7) is 3.29. The molecule has 1 rings (SSSR count). The first-order valence-electron chi connectivity index (χ1n) is 4.99. The zero-order valence-electron chi connectivity index (χ0n) is 8.90. The molecule has 4 N–H and O–H groups in total. The molecule has 0 spiro atoms. The lowest BCUT2D eigenvalue weighted by Gasteiger charge is -2.27. The van der Waals surface area contributed by atoms with Crippen LogP contribution in [-0.2, 0) is 9.59 Å². The van der Waals surface area contributed by atoms with Crippen molar-refractivity contribution in [2.24, 2.45) is 11.5 Å². The van der Waals surface area contributed by atoms with E-state index in [9.17, 15) is 9.59 Å². The summed E-state index contributed by atoms with van der Waals surface area (Å²) in [4.78, 5) is 24.0. The van der Waals surface area contributed by atoms with Gasteiger partial charge in [-0.15, -0.1) is 0 Å². The van der Waals surface area contributed by atoms with Crippen molar-refractivity contribution < 1.29 is 9.59 Å². The van der Waals surface area contributed by atoms with Crippen LogP contribution in [-0.4, -0.2) is 35.8 Å². The van der Waals surface area contributed by atoms with Gasteiger partial charge in [-0.25, -0.2) is 0 Å². The molecule has 0 aliphatic carbocycles. The molecule has 0 aromatic rings. The Morgan fingerprint density at radius 3 is 2.73 bits per heavy atom. The predicted octanol–water partition coefficient (Wildman–Crippen LogP) is -0.632. The Bertz CT molecular complexity index is 299. The van der Waals surface area contributed by atoms with E-state index in [1.807, 2.05) is 13.0 Å². The first-order valence-corrected chi connectivity index (χ1v) is 4.99. The van der Waals surface area contributed by atoms with Crippen molar-refractivity contribution in [2.75, 3.05) is 13.1 Å². The Labute approximate surface area is 89.1 Å². The number of rotatable bonds is 3. The van der Waals surface area contributed by atoms with Crippen LogP contribution >= 0.6 is 0 Å². The minimum atomic E-state index is -0.797. The Hall–Kier alpha value is -1.36. The van der Waals surface area contributed by atoms with Gasteiger partial charge in [-0.2, -0.15) is 0 Å². The number of hydrogen-bond donors (Lipinski definition) is 2. The minimum Gasteiger partial charge on any atom is -0.370 e. The maximum atomic E-state index is 11.7. The van der Waals surface area contributed by atoms with Gasteiger partial charge in [0, 0.05) is 13.1 Å². The van der Waals surface area contributed by atoms with Crippen LogP contribution in [0.25, 0.3) is 0 Å². The van der Waals surface area contributed by atoms with Crippen LogP contribution < -0.4 is 11.5 Å². The maximum absolute atomic E-state index is 11.7. The molecule has 0 aromatic heterocycles. The Morgan fingerprint density at radius 2 is 2.27 bits per heavy atom. The van der Waals surface area contributed by atoms with Crippen LogP contribution in [0.5, 0.6) is 0 Å². The number of amides is 2. The van der Waals surface area contributed by atoms with Crippen LogP contribution in [0.4, 0.5) is 0 Å². The SMILES string of the molecule is CC1=CCN(C(=O)C(N)CC(N)=O)CC1. The molecule has 84 valence electrons. The molecule has 1 atom stereocenters. The topological polar surface area (TPSA) is 89.4 Å². The molecule has 5 heteroatoms. The van der Waals surface area contributed by atoms with E-state index in [-0.39, 0.29) is 12.3 Å². The summed E-state index contributed by atoms with van der Waals surface area (Å²) in [5, 5.41) is 0. The smallest absolute Gasteiger partial charge is 0.240 e. The highest BCUT2D eigenvalue weighted by Gasteiger charge is 2.23. The summed E-state index contributed by atoms with van der Waals surface area (Å²) in [6, 6.07) is -0.797. The molecule has 1 aliphatic heterocycles. The number of nitrogens with zero attached hydrogens (tertiary/aromatic N) is 1. The summed E-state index contributed by atoms with van der Waals surface area (Å²) in [7, 11) is 0. The van der Waals surface area contributed by atoms with Gasteiger partial charge >= 0.3 is 0 Å². The molecule has 5 nitrogen and oxygen atoms in total. The van der Waals surface area contributed by atoms with Crippen LogP contribution in [0, 0.1) is 0 Å². The van der Waals surface area contributed by atoms with Gasteiger partial charge in [-0.05, 0) is 13.3 Å². The molecular formula is C10H17N3O2. The summed E-state index contributed by atoms with van der Waals surface area (Å²) < 4.78 is 0. The van der Waals surface area contributed by atoms with Crippen molar-refractivity contribution >= 4 is 11.8 Å². The maximum Gasteiger partial charge on any atom is 0.240 e. The first kappa shape index (κ1) is 11.7. The quantitative estimate of drug-likeness (QED) is 0.609. The fourth-order valence-electron chi connectivity index (χ4n) is 1.51. The summed E-state index contributed by atoms with van der Waals surface area (Å²) in [5.41, 5.74) is 11.8. The van der Waals surface area contributed by atoms with E-state index in [2.05, 4.69) is 0 Å². The highest BCUT2D eigenvalue weighted by Crippen LogP contribution is 2.10. The van der Waals surface area contributed by atoms with Crippen LogP contribution in [0.2, 0.25) is 0 Å². The number of primary amides is 1. The van der Waals surface area contributed by atoms with E-state index < -0.39 is 11.9 Å². The van der Waals surface area contributed by atoms with Crippen molar-refractivity contribution in [3.8, 4) is 0 Å². The zero-order valence-corrected chi connectivity index (χ0v) is 8.90. The van der Waals surface area contributed by atoms with E-state index in [1.165, 1.54) is 5.57 Å². The van der Waals surface area contributed by atoms with E-state index in [1.54, 1.807) is 4.90 Å². The van der Waals surface area contributed by atoms with Crippen LogP contribution in [0.1, 0.15) is 19.8 Å². The largest absolute Gasteiger partial charge is 0.370 e. The highest BCUT2D eigenvalue weighted by molar-refractivity contribution is 5.87. The second kappa shape index (κ2) is 4.93. The normalized spacial score (nSPS) is 18.3. The number of carbonyl (C=O) groups is 2. The second-order valence-electron chi connectivity index (χ2n) is 3.86. The molecule has 0 bridgehead atoms. The van der Waals surface area contributed by atoms with E-state index in [4.69, 9.17) is 11.5 Å². The van der Waals surface area contributed by atoms with Gasteiger partial charge in [0.25, 0.3) is 0 Å². The summed E-state index contributed by atoms with van der Waals surface area (Å²) in [5.74, 6) is -0.739. The van der Waals surface area contributed by atoms with Gasteiger partial charge < -0.3 is 16.4 Å². The molecule has 1 aliphatic rings. The number of nitrogens with two attached hydrogens (primary N) is 2. The van der Waals surface area contributed by atoms with Crippen molar-refractivity contribution in [2.45, 2.75) is 25.8 Å². The average molecular weight is 211 g/mol. The molecule has 0 fully saturated rings. The molecule has 2 amide bonds. The molecular weight excluding hydrogens is 194 g/mol. The Balaban J connectivity index is 2.50. The average Bonchev–Trinajstić information content (AvgIpc) is 2.17. The van der Waals surface area contributed by atoms with Crippen LogP contribution in [0.3, 0.4) is 0 Å². The Morgan fingerprint density at radius 1 is 1.60 bits per heavy atom. The van der Waals surface area contributed by atoms with Gasteiger partial charge in [0.05, 0.1) is 12.5 Å². The van der Waals surface area contributed by atoms with Crippen molar-refractivity contribution in [1.29, 1.82) is 0 Å². The third-order valence-electron chi connectivity index (χ3n) is 2.49. The van der Waals surface area contributed by atoms with E-state index in [0.29, 0.717) is 13.1 Å². The summed E-state index contributed by atoms with van der Waals surface area (Å²) in [6.07, 6.45) is 2.78. The fraction of sp³-hybridized carbons (Fsp3) is 0.600. The van der Waals surface area contributed by atoms with Crippen LogP contribution in [0.15, 0.2) is 11.6 Å². The molecule has 0 aromatic carbocycles. The lowest BCUT2D eigenvalue weighted by Crippen LogP contribution is -2.46. The fourth-order valence-corrected chi connectivity index (χ4v) is 1.51.